The van der Waals surface area contributed by atoms with E-state index in [1.807, 2.05) is 26.0 Å². The van der Waals surface area contributed by atoms with Gasteiger partial charge in [-0.3, -0.25) is 18.4 Å². The van der Waals surface area contributed by atoms with Gasteiger partial charge in [0.2, 0.25) is 0 Å². The molecule has 0 unspecified atom stereocenters. The summed E-state index contributed by atoms with van der Waals surface area (Å²) >= 11 is 0. The summed E-state index contributed by atoms with van der Waals surface area (Å²) in [5.74, 6) is -0.940. The van der Waals surface area contributed by atoms with Crippen LogP contribution in [0.3, 0.4) is 0 Å². The quantitative estimate of drug-likeness (QED) is 0.0972. The zero-order valence-corrected chi connectivity index (χ0v) is 34.0. The number of imidazole rings is 2. The van der Waals surface area contributed by atoms with Crippen molar-refractivity contribution >= 4 is 45.0 Å². The summed E-state index contributed by atoms with van der Waals surface area (Å²) in [6, 6.07) is 20.3. The third-order valence-corrected chi connectivity index (χ3v) is 10.8. The van der Waals surface area contributed by atoms with E-state index in [4.69, 9.17) is 0 Å². The first-order valence-electron chi connectivity index (χ1n) is 20.1. The number of aromatic nitrogens is 10. The lowest BCUT2D eigenvalue weighted by Gasteiger charge is -2.22. The molecule has 0 amide bonds. The van der Waals surface area contributed by atoms with Gasteiger partial charge in [0.05, 0.1) is 35.9 Å². The average Bonchev–Trinajstić information content (AvgIpc) is 3.99. The number of benzene rings is 2. The van der Waals surface area contributed by atoms with E-state index < -0.39 is 34.4 Å². The van der Waals surface area contributed by atoms with Crippen LogP contribution in [0, 0.1) is 23.3 Å². The van der Waals surface area contributed by atoms with Gasteiger partial charge < -0.3 is 20.6 Å². The summed E-state index contributed by atoms with van der Waals surface area (Å²) < 4.78 is 58.4. The Balaban J connectivity index is 0.000000162. The normalized spacial score (nSPS) is 12.3. The summed E-state index contributed by atoms with van der Waals surface area (Å²) in [6.07, 6.45) is 9.33. The van der Waals surface area contributed by atoms with Crippen LogP contribution in [-0.4, -0.2) is 48.7 Å². The van der Waals surface area contributed by atoms with Crippen molar-refractivity contribution < 1.29 is 17.6 Å². The molecular formula is C46H36F4N12O2. The Bertz CT molecular complexity index is 3250. The molecule has 10 aromatic rings. The number of pyridine rings is 4. The number of nitrogens with zero attached hydrogens (tertiary/aromatic N) is 8. The number of hydrogen-bond acceptors (Lipinski definition) is 10. The van der Waals surface area contributed by atoms with Gasteiger partial charge in [-0.05, 0) is 95.8 Å². The molecule has 18 heteroatoms. The fraction of sp³-hybridized carbons (Fsp3) is 0.130. The van der Waals surface area contributed by atoms with Crippen molar-refractivity contribution in [1.82, 2.24) is 48.7 Å². The average molecular weight is 865 g/mol. The first-order chi connectivity index (χ1) is 31.1. The Morgan fingerprint density at radius 2 is 0.984 bits per heavy atom. The van der Waals surface area contributed by atoms with Crippen LogP contribution in [0.4, 0.5) is 29.2 Å². The maximum Gasteiger partial charge on any atom is 0.263 e. The van der Waals surface area contributed by atoms with Gasteiger partial charge in [-0.15, -0.1) is 0 Å². The summed E-state index contributed by atoms with van der Waals surface area (Å²) in [6.45, 7) is 3.93. The van der Waals surface area contributed by atoms with Crippen LogP contribution in [0.15, 0.2) is 132 Å². The van der Waals surface area contributed by atoms with Gasteiger partial charge in [-0.1, -0.05) is 38.1 Å². The maximum absolute atomic E-state index is 14.1. The number of halogens is 4. The Morgan fingerprint density at radius 3 is 1.39 bits per heavy atom. The molecule has 0 aliphatic heterocycles. The van der Waals surface area contributed by atoms with Gasteiger partial charge >= 0.3 is 0 Å². The second kappa shape index (κ2) is 17.2. The first-order valence-corrected chi connectivity index (χ1v) is 20.1. The minimum Gasteiger partial charge on any atom is -0.361 e. The van der Waals surface area contributed by atoms with Gasteiger partial charge in [0.1, 0.15) is 47.0 Å². The van der Waals surface area contributed by atoms with Crippen LogP contribution in [-0.2, 0) is 0 Å². The Hall–Kier alpha value is -8.28. The molecule has 4 N–H and O–H groups in total. The number of fused-ring (bicyclic) bond motifs is 4. The monoisotopic (exact) mass is 864 g/mol. The van der Waals surface area contributed by atoms with E-state index in [0.717, 1.165) is 12.4 Å². The number of rotatable bonds is 10. The summed E-state index contributed by atoms with van der Waals surface area (Å²) in [5, 5.41) is 6.73. The third-order valence-electron chi connectivity index (χ3n) is 10.8. The number of hydrogen-bond donors (Lipinski definition) is 4. The van der Waals surface area contributed by atoms with E-state index >= 15 is 0 Å². The molecule has 8 aromatic heterocycles. The number of H-pyrrole nitrogens is 2. The lowest BCUT2D eigenvalue weighted by molar-refractivity contribution is 0.617. The number of nitrogens with one attached hydrogen (secondary N) is 4. The van der Waals surface area contributed by atoms with Crippen LogP contribution < -0.4 is 21.8 Å². The second-order valence-corrected chi connectivity index (χ2v) is 14.7. The van der Waals surface area contributed by atoms with Crippen molar-refractivity contribution in [3.63, 3.8) is 0 Å². The molecule has 320 valence electrons. The van der Waals surface area contributed by atoms with E-state index in [2.05, 4.69) is 50.5 Å². The summed E-state index contributed by atoms with van der Waals surface area (Å²) in [7, 11) is 0. The van der Waals surface area contributed by atoms with Crippen molar-refractivity contribution in [3.05, 3.63) is 178 Å². The van der Waals surface area contributed by atoms with Crippen LogP contribution in [0.2, 0.25) is 0 Å². The molecule has 8 heterocycles. The molecule has 0 bridgehead atoms. The van der Waals surface area contributed by atoms with E-state index in [0.29, 0.717) is 91.2 Å². The van der Waals surface area contributed by atoms with E-state index in [-0.39, 0.29) is 12.1 Å². The number of anilines is 2. The van der Waals surface area contributed by atoms with Crippen molar-refractivity contribution in [2.75, 3.05) is 10.6 Å². The maximum atomic E-state index is 14.1. The molecule has 0 spiro atoms. The van der Waals surface area contributed by atoms with Crippen LogP contribution in [0.25, 0.3) is 55.6 Å². The van der Waals surface area contributed by atoms with Crippen molar-refractivity contribution in [1.29, 1.82) is 0 Å². The molecule has 2 aromatic carbocycles. The highest BCUT2D eigenvalue weighted by molar-refractivity contribution is 5.84. The highest BCUT2D eigenvalue weighted by Crippen LogP contribution is 2.34. The van der Waals surface area contributed by atoms with Gasteiger partial charge in [0, 0.05) is 23.4 Å². The van der Waals surface area contributed by atoms with Gasteiger partial charge in [0.15, 0.2) is 22.9 Å². The third kappa shape index (κ3) is 7.87. The zero-order valence-electron chi connectivity index (χ0n) is 34.0. The van der Waals surface area contributed by atoms with E-state index in [9.17, 15) is 27.2 Å². The van der Waals surface area contributed by atoms with Gasteiger partial charge in [0.25, 0.3) is 11.1 Å². The fourth-order valence-corrected chi connectivity index (χ4v) is 7.81. The van der Waals surface area contributed by atoms with Crippen LogP contribution in [0.5, 0.6) is 0 Å². The molecule has 10 rings (SSSR count). The summed E-state index contributed by atoms with van der Waals surface area (Å²) in [4.78, 5) is 58.1. The van der Waals surface area contributed by atoms with Crippen molar-refractivity contribution in [2.24, 2.45) is 0 Å². The lowest BCUT2D eigenvalue weighted by atomic mass is 9.94. The van der Waals surface area contributed by atoms with Crippen LogP contribution in [0.1, 0.15) is 49.9 Å². The van der Waals surface area contributed by atoms with Crippen molar-refractivity contribution in [2.45, 2.75) is 38.8 Å². The lowest BCUT2D eigenvalue weighted by Crippen LogP contribution is -2.22. The van der Waals surface area contributed by atoms with Crippen molar-refractivity contribution in [3.8, 4) is 22.3 Å². The molecule has 64 heavy (non-hydrogen) atoms. The molecule has 2 atom stereocenters. The Kier molecular flexibility index (Phi) is 11.1. The standard InChI is InChI=1S/2C23H18F2N6O/c2*1-2-18(30-22-20-21(27-11-26-20)28-12-29-22)17-9-16-7-6-15(25)10-31(16)23(32)19(17)13-4-3-5-14(24)8-13/h2*3-12,18H,2H2,1H3,(H2,26,27,28,29,30)/t2*18-/m10/s1. The molecular weight excluding hydrogens is 829 g/mol. The van der Waals surface area contributed by atoms with Gasteiger partial charge in [-0.2, -0.15) is 0 Å². The molecule has 0 aliphatic rings. The minimum absolute atomic E-state index is 0.293. The summed E-state index contributed by atoms with van der Waals surface area (Å²) in [5.41, 5.74) is 5.21. The highest BCUT2D eigenvalue weighted by Gasteiger charge is 2.24. The largest absolute Gasteiger partial charge is 0.361 e. The molecule has 0 aliphatic carbocycles. The predicted molar refractivity (Wildman–Crippen MR) is 235 cm³/mol. The zero-order chi connectivity index (χ0) is 44.5. The molecule has 0 fully saturated rings. The predicted octanol–water partition coefficient (Wildman–Crippen LogP) is 8.95. The highest BCUT2D eigenvalue weighted by atomic mass is 19.1. The minimum atomic E-state index is -0.537. The SMILES string of the molecule is CC[C@@H](Nc1ncnc2nc[nH]c12)c1cc2ccc(F)cn2c(=O)c1-c1cccc(F)c1.CC[C@H](Nc1ncnc2nc[nH]c12)c1cc2ccc(F)cn2c(=O)c1-c1cccc(F)c1. The molecule has 0 saturated carbocycles. The van der Waals surface area contributed by atoms with E-state index in [1.165, 1.54) is 70.5 Å². The Morgan fingerprint density at radius 1 is 0.547 bits per heavy atom. The fourth-order valence-electron chi connectivity index (χ4n) is 7.81. The number of aromatic amines is 2. The van der Waals surface area contributed by atoms with Crippen LogP contribution >= 0.6 is 0 Å². The van der Waals surface area contributed by atoms with E-state index in [1.54, 1.807) is 36.4 Å². The topological polar surface area (TPSA) is 176 Å². The molecule has 0 saturated heterocycles. The molecule has 14 nitrogen and oxygen atoms in total. The Labute approximate surface area is 359 Å². The van der Waals surface area contributed by atoms with Gasteiger partial charge in [-0.25, -0.2) is 47.5 Å². The molecule has 0 radical (unpaired) electrons. The smallest absolute Gasteiger partial charge is 0.263 e. The first kappa shape index (κ1) is 41.1. The second-order valence-electron chi connectivity index (χ2n) is 14.7.